The summed E-state index contributed by atoms with van der Waals surface area (Å²) in [6, 6.07) is 0. The van der Waals surface area contributed by atoms with E-state index in [0.717, 1.165) is 0 Å². The highest BCUT2D eigenvalue weighted by molar-refractivity contribution is 7.39. The zero-order chi connectivity index (χ0) is 10.1. The molecule has 0 bridgehead atoms. The maximum atomic E-state index is 11.2. The summed E-state index contributed by atoms with van der Waals surface area (Å²) in [4.78, 5) is 0. The zero-order valence-corrected chi connectivity index (χ0v) is 9.38. The second kappa shape index (κ2) is 8.57. The quantitative estimate of drug-likeness (QED) is 0.454. The molecule has 78 valence electrons. The Morgan fingerprint density at radius 1 is 1.08 bits per heavy atom. The van der Waals surface area contributed by atoms with E-state index in [-0.39, 0.29) is 0 Å². The molecule has 5 heteroatoms. The van der Waals surface area contributed by atoms with Crippen molar-refractivity contribution < 1.29 is 18.6 Å². The number of ether oxygens (including phenoxy) is 2. The molecule has 0 spiro atoms. The van der Waals surface area contributed by atoms with Gasteiger partial charge in [-0.15, -0.1) is 4.52 Å². The molecule has 0 amide bonds. The van der Waals surface area contributed by atoms with Gasteiger partial charge in [-0.25, -0.2) is 0 Å². The lowest BCUT2D eigenvalue weighted by Crippen LogP contribution is -2.20. The Morgan fingerprint density at radius 3 is 2.00 bits per heavy atom. The standard InChI is InChI=1S/C8H18O4P/c1-4-10-8(11-5-2)7-13(9)12-6-3/h8H,4-7H2,1-3H3/q+1. The first kappa shape index (κ1) is 13.0. The third kappa shape index (κ3) is 7.08. The van der Waals surface area contributed by atoms with E-state index in [1.54, 1.807) is 0 Å². The van der Waals surface area contributed by atoms with Crippen molar-refractivity contribution in [2.24, 2.45) is 0 Å². The first-order valence-electron chi connectivity index (χ1n) is 4.55. The van der Waals surface area contributed by atoms with E-state index in [2.05, 4.69) is 0 Å². The molecule has 0 aliphatic carbocycles. The van der Waals surface area contributed by atoms with Crippen LogP contribution in [0.1, 0.15) is 20.8 Å². The molecule has 4 nitrogen and oxygen atoms in total. The van der Waals surface area contributed by atoms with Gasteiger partial charge in [0.25, 0.3) is 0 Å². The Morgan fingerprint density at radius 2 is 1.62 bits per heavy atom. The lowest BCUT2D eigenvalue weighted by molar-refractivity contribution is -0.121. The molecule has 0 radical (unpaired) electrons. The molecule has 0 heterocycles. The van der Waals surface area contributed by atoms with Crippen molar-refractivity contribution in [2.75, 3.05) is 26.0 Å². The van der Waals surface area contributed by atoms with Gasteiger partial charge in [-0.2, -0.15) is 0 Å². The molecule has 1 unspecified atom stereocenters. The zero-order valence-electron chi connectivity index (χ0n) is 8.49. The van der Waals surface area contributed by atoms with Gasteiger partial charge in [0.2, 0.25) is 12.5 Å². The normalized spacial score (nSPS) is 12.2. The van der Waals surface area contributed by atoms with Crippen molar-refractivity contribution in [3.05, 3.63) is 0 Å². The molecular formula is C8H18O4P+. The van der Waals surface area contributed by atoms with Crippen molar-refractivity contribution >= 4 is 8.03 Å². The summed E-state index contributed by atoms with van der Waals surface area (Å²) < 4.78 is 26.5. The van der Waals surface area contributed by atoms with Crippen LogP contribution in [0.4, 0.5) is 0 Å². The van der Waals surface area contributed by atoms with Gasteiger partial charge in [-0.1, -0.05) is 0 Å². The minimum atomic E-state index is -1.64. The number of rotatable bonds is 8. The third-order valence-corrected chi connectivity index (χ3v) is 2.42. The Hall–Kier alpha value is -0.0200. The van der Waals surface area contributed by atoms with Crippen LogP contribution in [0, 0.1) is 0 Å². The molecule has 0 aromatic rings. The molecule has 0 aliphatic heterocycles. The second-order valence-electron chi connectivity index (χ2n) is 2.27. The SMILES string of the molecule is CCOC(C[P+](=O)OCC)OCC. The summed E-state index contributed by atoms with van der Waals surface area (Å²) in [7, 11) is -1.64. The van der Waals surface area contributed by atoms with Gasteiger partial charge in [0.1, 0.15) is 0 Å². The van der Waals surface area contributed by atoms with E-state index < -0.39 is 14.3 Å². The molecule has 0 aliphatic rings. The van der Waals surface area contributed by atoms with Gasteiger partial charge in [-0.3, -0.25) is 0 Å². The molecule has 0 rings (SSSR count). The van der Waals surface area contributed by atoms with Gasteiger partial charge in [-0.05, 0) is 25.3 Å². The Bertz CT molecular complexity index is 134. The van der Waals surface area contributed by atoms with Gasteiger partial charge in [0.05, 0.1) is 6.61 Å². The van der Waals surface area contributed by atoms with Crippen LogP contribution >= 0.6 is 8.03 Å². The average molecular weight is 209 g/mol. The fourth-order valence-corrected chi connectivity index (χ4v) is 1.69. The highest BCUT2D eigenvalue weighted by atomic mass is 31.1. The minimum absolute atomic E-state index is 0.310. The molecule has 0 saturated heterocycles. The molecule has 1 atom stereocenters. The molecular weight excluding hydrogens is 191 g/mol. The van der Waals surface area contributed by atoms with Gasteiger partial charge in [0, 0.05) is 13.2 Å². The number of hydrogen-bond donors (Lipinski definition) is 0. The summed E-state index contributed by atoms with van der Waals surface area (Å²) in [5, 5.41) is 0. The predicted molar refractivity (Wildman–Crippen MR) is 51.1 cm³/mol. The summed E-state index contributed by atoms with van der Waals surface area (Å²) >= 11 is 0. The summed E-state index contributed by atoms with van der Waals surface area (Å²) in [6.45, 7) is 7.13. The van der Waals surface area contributed by atoms with E-state index in [9.17, 15) is 4.57 Å². The van der Waals surface area contributed by atoms with Crippen LogP contribution in [0.3, 0.4) is 0 Å². The highest BCUT2D eigenvalue weighted by Gasteiger charge is 2.24. The van der Waals surface area contributed by atoms with Crippen molar-refractivity contribution in [3.63, 3.8) is 0 Å². The lowest BCUT2D eigenvalue weighted by atomic mass is 10.7. The maximum Gasteiger partial charge on any atom is 0.513 e. The second-order valence-corrected chi connectivity index (χ2v) is 3.56. The summed E-state index contributed by atoms with van der Waals surface area (Å²) in [5.74, 6) is 0. The van der Waals surface area contributed by atoms with E-state index in [4.69, 9.17) is 14.0 Å². The van der Waals surface area contributed by atoms with Crippen molar-refractivity contribution in [1.82, 2.24) is 0 Å². The molecule has 0 aromatic carbocycles. The van der Waals surface area contributed by atoms with Crippen molar-refractivity contribution in [1.29, 1.82) is 0 Å². The molecule has 0 aromatic heterocycles. The van der Waals surface area contributed by atoms with Crippen LogP contribution < -0.4 is 0 Å². The molecule has 0 saturated carbocycles. The summed E-state index contributed by atoms with van der Waals surface area (Å²) in [6.07, 6.45) is -0.0876. The average Bonchev–Trinajstić information content (AvgIpc) is 2.05. The van der Waals surface area contributed by atoms with E-state index in [1.807, 2.05) is 20.8 Å². The van der Waals surface area contributed by atoms with Crippen molar-refractivity contribution in [2.45, 2.75) is 27.1 Å². The first-order chi connectivity index (χ1) is 6.24. The van der Waals surface area contributed by atoms with E-state index in [1.165, 1.54) is 0 Å². The van der Waals surface area contributed by atoms with Gasteiger partial charge in [0.15, 0.2) is 0 Å². The minimum Gasteiger partial charge on any atom is -0.349 e. The van der Waals surface area contributed by atoms with Crippen LogP contribution in [0.25, 0.3) is 0 Å². The molecule has 0 fully saturated rings. The highest BCUT2D eigenvalue weighted by Crippen LogP contribution is 2.24. The van der Waals surface area contributed by atoms with Gasteiger partial charge < -0.3 is 9.47 Å². The van der Waals surface area contributed by atoms with E-state index in [0.29, 0.717) is 26.0 Å². The first-order valence-corrected chi connectivity index (χ1v) is 5.91. The van der Waals surface area contributed by atoms with Crippen molar-refractivity contribution in [3.8, 4) is 0 Å². The Kier molecular flexibility index (Phi) is 8.56. The van der Waals surface area contributed by atoms with Crippen LogP contribution in [0.2, 0.25) is 0 Å². The van der Waals surface area contributed by atoms with Crippen LogP contribution in [-0.4, -0.2) is 32.3 Å². The number of hydrogen-bond acceptors (Lipinski definition) is 4. The Balaban J connectivity index is 3.71. The molecule has 0 N–H and O–H groups in total. The fourth-order valence-electron chi connectivity index (χ4n) is 0.844. The van der Waals surface area contributed by atoms with E-state index >= 15 is 0 Å². The molecule has 13 heavy (non-hydrogen) atoms. The van der Waals surface area contributed by atoms with Crippen LogP contribution in [0.15, 0.2) is 0 Å². The van der Waals surface area contributed by atoms with Gasteiger partial charge >= 0.3 is 8.03 Å². The van der Waals surface area contributed by atoms with Crippen LogP contribution in [0.5, 0.6) is 0 Å². The lowest BCUT2D eigenvalue weighted by Gasteiger charge is -2.10. The topological polar surface area (TPSA) is 44.8 Å². The predicted octanol–water partition coefficient (Wildman–Crippen LogP) is 2.16. The largest absolute Gasteiger partial charge is 0.513 e. The third-order valence-electron chi connectivity index (χ3n) is 1.28. The Labute approximate surface area is 80.4 Å². The smallest absolute Gasteiger partial charge is 0.349 e. The fraction of sp³-hybridized carbons (Fsp3) is 1.00. The van der Waals surface area contributed by atoms with Crippen LogP contribution in [-0.2, 0) is 18.6 Å². The monoisotopic (exact) mass is 209 g/mol. The maximum absolute atomic E-state index is 11.2. The summed E-state index contributed by atoms with van der Waals surface area (Å²) in [5.41, 5.74) is 0.